The van der Waals surface area contributed by atoms with Crippen LogP contribution in [0.2, 0.25) is 0 Å². The van der Waals surface area contributed by atoms with Crippen LogP contribution in [0.25, 0.3) is 11.2 Å². The third-order valence-electron chi connectivity index (χ3n) is 5.70. The minimum atomic E-state index is -3.20. The van der Waals surface area contributed by atoms with Crippen molar-refractivity contribution in [3.05, 3.63) is 63.2 Å². The van der Waals surface area contributed by atoms with E-state index < -0.39 is 26.5 Å². The van der Waals surface area contributed by atoms with Gasteiger partial charge in [-0.25, -0.2) is 22.0 Å². The minimum absolute atomic E-state index is 0.395. The molecule has 1 fully saturated rings. The molecule has 1 aliphatic rings. The Morgan fingerprint density at radius 3 is 2.57 bits per heavy atom. The highest BCUT2D eigenvalue weighted by molar-refractivity contribution is 7.89. The zero-order chi connectivity index (χ0) is 21.5. The molecule has 0 bridgehead atoms. The van der Waals surface area contributed by atoms with Crippen LogP contribution < -0.4 is 11.2 Å². The first-order valence-corrected chi connectivity index (χ1v) is 11.5. The van der Waals surface area contributed by atoms with Crippen molar-refractivity contribution < 1.29 is 8.42 Å². The summed E-state index contributed by atoms with van der Waals surface area (Å²) in [7, 11) is -3.20. The van der Waals surface area contributed by atoms with Crippen LogP contribution in [-0.4, -0.2) is 50.2 Å². The molecule has 0 radical (unpaired) electrons. The van der Waals surface area contributed by atoms with Crippen LogP contribution in [0.1, 0.15) is 32.3 Å². The number of sulfonamides is 1. The van der Waals surface area contributed by atoms with E-state index in [1.807, 2.05) is 18.3 Å². The molecule has 3 aromatic rings. The van der Waals surface area contributed by atoms with E-state index in [2.05, 4.69) is 10.1 Å². The smallest absolute Gasteiger partial charge is 0.274 e. The zero-order valence-electron chi connectivity index (χ0n) is 17.0. The van der Waals surface area contributed by atoms with E-state index in [0.717, 1.165) is 30.3 Å². The lowest BCUT2D eigenvalue weighted by atomic mass is 9.91. The van der Waals surface area contributed by atoms with Crippen molar-refractivity contribution in [1.82, 2.24) is 23.5 Å². The fourth-order valence-corrected chi connectivity index (χ4v) is 5.25. The van der Waals surface area contributed by atoms with Crippen molar-refractivity contribution in [3.63, 3.8) is 0 Å². The topological polar surface area (TPSA) is 110 Å². The number of rotatable bonds is 5. The second-order valence-corrected chi connectivity index (χ2v) is 10.5. The van der Waals surface area contributed by atoms with Crippen LogP contribution in [0.4, 0.5) is 0 Å². The Kier molecular flexibility index (Phi) is 5.37. The molecule has 1 saturated heterocycles. The highest BCUT2D eigenvalue weighted by Gasteiger charge is 2.30. The summed E-state index contributed by atoms with van der Waals surface area (Å²) in [6.07, 6.45) is 7.36. The number of aromatic nitrogens is 4. The normalized spacial score (nSPS) is 16.5. The van der Waals surface area contributed by atoms with Gasteiger partial charge in [0.25, 0.3) is 5.56 Å². The van der Waals surface area contributed by atoms with E-state index in [1.54, 1.807) is 28.9 Å². The van der Waals surface area contributed by atoms with Crippen LogP contribution in [-0.2, 0) is 16.4 Å². The van der Waals surface area contributed by atoms with Crippen LogP contribution in [0.3, 0.4) is 0 Å². The minimum Gasteiger partial charge on any atom is -0.274 e. The quantitative estimate of drug-likeness (QED) is 0.652. The number of nitrogens with one attached hydrogen (secondary N) is 1. The summed E-state index contributed by atoms with van der Waals surface area (Å²) in [5, 5.41) is 3.90. The van der Waals surface area contributed by atoms with E-state index in [4.69, 9.17) is 0 Å². The lowest BCUT2D eigenvalue weighted by molar-refractivity contribution is 0.271. The molecule has 0 amide bonds. The maximum Gasteiger partial charge on any atom is 0.333 e. The van der Waals surface area contributed by atoms with Gasteiger partial charge in [0.05, 0.1) is 22.7 Å². The highest BCUT2D eigenvalue weighted by atomic mass is 32.2. The van der Waals surface area contributed by atoms with Crippen molar-refractivity contribution in [1.29, 1.82) is 0 Å². The van der Waals surface area contributed by atoms with Gasteiger partial charge in [-0.3, -0.25) is 14.3 Å². The first-order valence-electron chi connectivity index (χ1n) is 10.0. The fourth-order valence-electron chi connectivity index (χ4n) is 3.93. The number of nitrogens with zero attached hydrogens (tertiary/aromatic N) is 4. The van der Waals surface area contributed by atoms with Crippen LogP contribution in [0, 0.1) is 5.92 Å². The lowest BCUT2D eigenvalue weighted by Gasteiger charge is -2.32. The summed E-state index contributed by atoms with van der Waals surface area (Å²) >= 11 is 0. The Morgan fingerprint density at radius 1 is 1.17 bits per heavy atom. The second-order valence-electron chi connectivity index (χ2n) is 8.01. The largest absolute Gasteiger partial charge is 0.333 e. The molecule has 1 aliphatic heterocycles. The molecule has 0 aromatic carbocycles. The highest BCUT2D eigenvalue weighted by Crippen LogP contribution is 2.26. The second kappa shape index (κ2) is 7.84. The molecule has 0 aliphatic carbocycles. The Hall–Kier alpha value is -2.72. The molecule has 1 N–H and O–H groups in total. The van der Waals surface area contributed by atoms with Crippen molar-refractivity contribution in [3.8, 4) is 5.69 Å². The van der Waals surface area contributed by atoms with Gasteiger partial charge in [-0.05, 0) is 56.7 Å². The summed E-state index contributed by atoms with van der Waals surface area (Å²) < 4.78 is 29.4. The molecule has 0 spiro atoms. The van der Waals surface area contributed by atoms with Crippen molar-refractivity contribution >= 4 is 15.5 Å². The molecule has 160 valence electrons. The molecular formula is C20H25N5O4S. The van der Waals surface area contributed by atoms with E-state index in [-0.39, 0.29) is 0 Å². The number of hydrogen-bond donors (Lipinski definition) is 1. The van der Waals surface area contributed by atoms with Crippen molar-refractivity contribution in [2.75, 3.05) is 13.1 Å². The van der Waals surface area contributed by atoms with Gasteiger partial charge in [0, 0.05) is 31.5 Å². The number of pyridine rings is 1. The SMILES string of the molecule is CC(C)S(=O)(=O)N1CCC(Cc2ccn3ncc(-n4ccc(=O)[nH]c4=O)c3c2)CC1. The zero-order valence-corrected chi connectivity index (χ0v) is 17.8. The number of H-pyrrole nitrogens is 1. The molecule has 30 heavy (non-hydrogen) atoms. The Labute approximate surface area is 174 Å². The fraction of sp³-hybridized carbons (Fsp3) is 0.450. The standard InChI is InChI=1S/C20H25N5O4S/c1-14(2)30(28,29)23-7-3-15(4-8-23)11-16-5-10-25-17(12-16)18(13-21-25)24-9-6-19(26)22-20(24)27/h5-6,9-10,12-15H,3-4,7-8,11H2,1-2H3,(H,22,26,27). The summed E-state index contributed by atoms with van der Waals surface area (Å²) in [5.74, 6) is 0.397. The van der Waals surface area contributed by atoms with Crippen LogP contribution >= 0.6 is 0 Å². The molecule has 10 heteroatoms. The first-order chi connectivity index (χ1) is 14.3. The third-order valence-corrected chi connectivity index (χ3v) is 7.98. The van der Waals surface area contributed by atoms with E-state index >= 15 is 0 Å². The van der Waals surface area contributed by atoms with E-state index in [0.29, 0.717) is 24.7 Å². The maximum absolute atomic E-state index is 12.4. The molecule has 4 rings (SSSR count). The Bertz CT molecular complexity index is 1280. The number of hydrogen-bond acceptors (Lipinski definition) is 5. The molecule has 4 heterocycles. The molecule has 0 unspecified atom stereocenters. The predicted octanol–water partition coefficient (Wildman–Crippen LogP) is 1.17. The average Bonchev–Trinajstić information content (AvgIpc) is 3.11. The molecule has 0 saturated carbocycles. The van der Waals surface area contributed by atoms with Gasteiger partial charge in [0.15, 0.2) is 0 Å². The van der Waals surface area contributed by atoms with Crippen LogP contribution in [0.5, 0.6) is 0 Å². The van der Waals surface area contributed by atoms with E-state index in [9.17, 15) is 18.0 Å². The van der Waals surface area contributed by atoms with Gasteiger partial charge < -0.3 is 0 Å². The number of fused-ring (bicyclic) bond motifs is 1. The van der Waals surface area contributed by atoms with Crippen molar-refractivity contribution in [2.45, 2.75) is 38.4 Å². The average molecular weight is 432 g/mol. The number of aromatic amines is 1. The van der Waals surface area contributed by atoms with Crippen LogP contribution in [0.15, 0.2) is 46.4 Å². The van der Waals surface area contributed by atoms with Gasteiger partial charge in [-0.1, -0.05) is 0 Å². The summed E-state index contributed by atoms with van der Waals surface area (Å²) in [4.78, 5) is 25.8. The van der Waals surface area contributed by atoms with E-state index in [1.165, 1.54) is 16.8 Å². The molecular weight excluding hydrogens is 406 g/mol. The Morgan fingerprint density at radius 2 is 1.90 bits per heavy atom. The molecule has 3 aromatic heterocycles. The number of piperidine rings is 1. The lowest BCUT2D eigenvalue weighted by Crippen LogP contribution is -2.42. The third kappa shape index (κ3) is 3.84. The summed E-state index contributed by atoms with van der Waals surface area (Å²) in [5.41, 5.74) is 1.50. The first kappa shape index (κ1) is 20.5. The monoisotopic (exact) mass is 431 g/mol. The summed E-state index contributed by atoms with van der Waals surface area (Å²) in [6.45, 7) is 4.54. The maximum atomic E-state index is 12.4. The van der Waals surface area contributed by atoms with Gasteiger partial charge in [0.2, 0.25) is 10.0 Å². The van der Waals surface area contributed by atoms with Crippen molar-refractivity contribution in [2.24, 2.45) is 5.92 Å². The Balaban J connectivity index is 1.54. The predicted molar refractivity (Wildman–Crippen MR) is 113 cm³/mol. The molecule has 9 nitrogen and oxygen atoms in total. The molecule has 0 atom stereocenters. The van der Waals surface area contributed by atoms with Gasteiger partial charge in [-0.2, -0.15) is 5.10 Å². The van der Waals surface area contributed by atoms with Gasteiger partial charge in [-0.15, -0.1) is 0 Å². The van der Waals surface area contributed by atoms with Gasteiger partial charge in [0.1, 0.15) is 0 Å². The van der Waals surface area contributed by atoms with Gasteiger partial charge >= 0.3 is 5.69 Å². The summed E-state index contributed by atoms with van der Waals surface area (Å²) in [6, 6.07) is 5.29.